The van der Waals surface area contributed by atoms with E-state index in [-0.39, 0.29) is 5.91 Å². The normalized spacial score (nSPS) is 10.4. The highest BCUT2D eigenvalue weighted by molar-refractivity contribution is 9.10. The zero-order valence-electron chi connectivity index (χ0n) is 10.2. The Kier molecular flexibility index (Phi) is 4.14. The van der Waals surface area contributed by atoms with Crippen LogP contribution >= 0.6 is 27.3 Å². The fraction of sp³-hybridized carbons (Fsp3) is 0.231. The van der Waals surface area contributed by atoms with Crippen LogP contribution in [0.25, 0.3) is 0 Å². The molecular weight excluding hydrogens is 312 g/mol. The van der Waals surface area contributed by atoms with Gasteiger partial charge in [-0.1, -0.05) is 15.9 Å². The summed E-state index contributed by atoms with van der Waals surface area (Å²) in [7, 11) is 0. The minimum atomic E-state index is -0.0101. The van der Waals surface area contributed by atoms with E-state index in [0.717, 1.165) is 26.3 Å². The molecule has 0 spiro atoms. The molecule has 0 aliphatic carbocycles. The van der Waals surface area contributed by atoms with E-state index in [1.54, 1.807) is 5.51 Å². The van der Waals surface area contributed by atoms with E-state index in [0.29, 0.717) is 6.42 Å². The molecule has 0 bridgehead atoms. The molecule has 94 valence electrons. The molecule has 18 heavy (non-hydrogen) atoms. The molecule has 0 saturated carbocycles. The van der Waals surface area contributed by atoms with Crippen LogP contribution in [0.4, 0.5) is 5.69 Å². The predicted octanol–water partition coefficient (Wildman–Crippen LogP) is 3.70. The first kappa shape index (κ1) is 13.2. The van der Waals surface area contributed by atoms with E-state index in [4.69, 9.17) is 0 Å². The van der Waals surface area contributed by atoms with Gasteiger partial charge in [0.15, 0.2) is 0 Å². The number of anilines is 1. The molecule has 2 rings (SSSR count). The number of halogens is 1. The van der Waals surface area contributed by atoms with Gasteiger partial charge < -0.3 is 5.32 Å². The average molecular weight is 325 g/mol. The van der Waals surface area contributed by atoms with Gasteiger partial charge in [0.2, 0.25) is 5.91 Å². The molecule has 0 aliphatic heterocycles. The number of carbonyl (C=O) groups is 1. The number of nitrogens with one attached hydrogen (secondary N) is 1. The Morgan fingerprint density at radius 2 is 2.22 bits per heavy atom. The van der Waals surface area contributed by atoms with E-state index in [9.17, 15) is 4.79 Å². The second kappa shape index (κ2) is 5.63. The number of amides is 1. The highest BCUT2D eigenvalue weighted by Crippen LogP contribution is 2.20. The molecule has 1 heterocycles. The van der Waals surface area contributed by atoms with Gasteiger partial charge in [-0.15, -0.1) is 11.3 Å². The maximum absolute atomic E-state index is 11.9. The first-order chi connectivity index (χ1) is 8.56. The Morgan fingerprint density at radius 3 is 2.83 bits per heavy atom. The average Bonchev–Trinajstić information content (AvgIpc) is 2.70. The van der Waals surface area contributed by atoms with Crippen LogP contribution in [0.3, 0.4) is 0 Å². The van der Waals surface area contributed by atoms with E-state index < -0.39 is 0 Å². The Morgan fingerprint density at radius 1 is 1.44 bits per heavy atom. The number of carbonyl (C=O) groups excluding carboxylic acids is 1. The van der Waals surface area contributed by atoms with Crippen LogP contribution < -0.4 is 5.32 Å². The quantitative estimate of drug-likeness (QED) is 0.935. The SMILES string of the molecule is Cc1cc(NC(=O)Cc2scnc2C)ccc1Br. The first-order valence-electron chi connectivity index (χ1n) is 5.51. The summed E-state index contributed by atoms with van der Waals surface area (Å²) in [6.07, 6.45) is 0.381. The number of rotatable bonds is 3. The minimum absolute atomic E-state index is 0.0101. The molecule has 0 aliphatic rings. The van der Waals surface area contributed by atoms with E-state index in [1.807, 2.05) is 32.0 Å². The molecule has 1 aromatic heterocycles. The second-order valence-electron chi connectivity index (χ2n) is 4.05. The zero-order chi connectivity index (χ0) is 13.1. The molecule has 0 unspecified atom stereocenters. The Hall–Kier alpha value is -1.20. The third-order valence-electron chi connectivity index (χ3n) is 2.61. The molecular formula is C13H13BrN2OS. The summed E-state index contributed by atoms with van der Waals surface area (Å²) in [5.41, 5.74) is 4.62. The first-order valence-corrected chi connectivity index (χ1v) is 7.18. The number of hydrogen-bond donors (Lipinski definition) is 1. The van der Waals surface area contributed by atoms with Crippen LogP contribution in [0.15, 0.2) is 28.2 Å². The summed E-state index contributed by atoms with van der Waals surface area (Å²) in [4.78, 5) is 17.0. The number of aromatic nitrogens is 1. The lowest BCUT2D eigenvalue weighted by atomic mass is 10.2. The molecule has 1 amide bonds. The number of aryl methyl sites for hydroxylation is 2. The second-order valence-corrected chi connectivity index (χ2v) is 5.84. The van der Waals surface area contributed by atoms with Gasteiger partial charge in [0, 0.05) is 15.0 Å². The number of benzene rings is 1. The monoisotopic (exact) mass is 324 g/mol. The van der Waals surface area contributed by atoms with Crippen molar-refractivity contribution in [2.24, 2.45) is 0 Å². The van der Waals surface area contributed by atoms with Crippen molar-refractivity contribution >= 4 is 38.9 Å². The lowest BCUT2D eigenvalue weighted by molar-refractivity contribution is -0.115. The highest BCUT2D eigenvalue weighted by atomic mass is 79.9. The zero-order valence-corrected chi connectivity index (χ0v) is 12.6. The standard InChI is InChI=1S/C13H13BrN2OS/c1-8-5-10(3-4-11(8)14)16-13(17)6-12-9(2)15-7-18-12/h3-5,7H,6H2,1-2H3,(H,16,17). The largest absolute Gasteiger partial charge is 0.326 e. The van der Waals surface area contributed by atoms with Crippen molar-refractivity contribution < 1.29 is 4.79 Å². The van der Waals surface area contributed by atoms with Gasteiger partial charge in [0.1, 0.15) is 0 Å². The molecule has 2 aromatic rings. The molecule has 0 radical (unpaired) electrons. The summed E-state index contributed by atoms with van der Waals surface area (Å²) in [5, 5.41) is 2.89. The lowest BCUT2D eigenvalue weighted by Crippen LogP contribution is -2.14. The van der Waals surface area contributed by atoms with Crippen molar-refractivity contribution in [1.29, 1.82) is 0 Å². The van der Waals surface area contributed by atoms with Crippen molar-refractivity contribution in [1.82, 2.24) is 4.98 Å². The molecule has 3 nitrogen and oxygen atoms in total. The summed E-state index contributed by atoms with van der Waals surface area (Å²) in [6.45, 7) is 3.91. The van der Waals surface area contributed by atoms with Crippen molar-refractivity contribution in [3.05, 3.63) is 44.3 Å². The fourth-order valence-corrected chi connectivity index (χ4v) is 2.59. The van der Waals surface area contributed by atoms with Crippen LogP contribution in [0.5, 0.6) is 0 Å². The highest BCUT2D eigenvalue weighted by Gasteiger charge is 2.08. The molecule has 0 fully saturated rings. The number of hydrogen-bond acceptors (Lipinski definition) is 3. The van der Waals surface area contributed by atoms with Gasteiger partial charge in [-0.05, 0) is 37.6 Å². The van der Waals surface area contributed by atoms with Crippen molar-refractivity contribution in [3.63, 3.8) is 0 Å². The van der Waals surface area contributed by atoms with E-state index in [1.165, 1.54) is 11.3 Å². The third-order valence-corrected chi connectivity index (χ3v) is 4.43. The molecule has 1 N–H and O–H groups in total. The molecule has 1 aromatic carbocycles. The molecule has 0 saturated heterocycles. The molecule has 0 atom stereocenters. The van der Waals surface area contributed by atoms with Gasteiger partial charge in [0.05, 0.1) is 17.6 Å². The smallest absolute Gasteiger partial charge is 0.229 e. The topological polar surface area (TPSA) is 42.0 Å². The summed E-state index contributed by atoms with van der Waals surface area (Å²) >= 11 is 4.95. The van der Waals surface area contributed by atoms with Gasteiger partial charge in [-0.3, -0.25) is 4.79 Å². The molecule has 5 heteroatoms. The minimum Gasteiger partial charge on any atom is -0.326 e. The maximum Gasteiger partial charge on any atom is 0.229 e. The van der Waals surface area contributed by atoms with Crippen LogP contribution in [0, 0.1) is 13.8 Å². The van der Waals surface area contributed by atoms with Gasteiger partial charge in [-0.25, -0.2) is 4.98 Å². The van der Waals surface area contributed by atoms with E-state index >= 15 is 0 Å². The Balaban J connectivity index is 2.03. The van der Waals surface area contributed by atoms with Crippen LogP contribution in [0.2, 0.25) is 0 Å². The van der Waals surface area contributed by atoms with Gasteiger partial charge >= 0.3 is 0 Å². The van der Waals surface area contributed by atoms with Crippen LogP contribution in [-0.4, -0.2) is 10.9 Å². The van der Waals surface area contributed by atoms with Crippen molar-refractivity contribution in [3.8, 4) is 0 Å². The fourth-order valence-electron chi connectivity index (χ4n) is 1.57. The predicted molar refractivity (Wildman–Crippen MR) is 78.1 cm³/mol. The van der Waals surface area contributed by atoms with E-state index in [2.05, 4.69) is 26.2 Å². The maximum atomic E-state index is 11.9. The van der Waals surface area contributed by atoms with Gasteiger partial charge in [-0.2, -0.15) is 0 Å². The summed E-state index contributed by atoms with van der Waals surface area (Å²) in [6, 6.07) is 5.76. The van der Waals surface area contributed by atoms with Crippen LogP contribution in [-0.2, 0) is 11.2 Å². The summed E-state index contributed by atoms with van der Waals surface area (Å²) in [5.74, 6) is -0.0101. The lowest BCUT2D eigenvalue weighted by Gasteiger charge is -2.06. The number of nitrogens with zero attached hydrogens (tertiary/aromatic N) is 1. The van der Waals surface area contributed by atoms with Crippen molar-refractivity contribution in [2.45, 2.75) is 20.3 Å². The third kappa shape index (κ3) is 3.17. The van der Waals surface area contributed by atoms with Crippen LogP contribution in [0.1, 0.15) is 16.1 Å². The Bertz CT molecular complexity index is 580. The van der Waals surface area contributed by atoms with Crippen molar-refractivity contribution in [2.75, 3.05) is 5.32 Å². The summed E-state index contributed by atoms with van der Waals surface area (Å²) < 4.78 is 1.04. The Labute approximate surface area is 118 Å². The number of thiazole rings is 1. The van der Waals surface area contributed by atoms with Gasteiger partial charge in [0.25, 0.3) is 0 Å².